The van der Waals surface area contributed by atoms with Crippen LogP contribution in [0.25, 0.3) is 0 Å². The molecule has 0 spiro atoms. The molecule has 1 fully saturated rings. The van der Waals surface area contributed by atoms with E-state index in [0.29, 0.717) is 0 Å². The first-order chi connectivity index (χ1) is 9.83. The third kappa shape index (κ3) is 2.96. The lowest BCUT2D eigenvalue weighted by Crippen LogP contribution is -2.34. The Morgan fingerprint density at radius 1 is 1.25 bits per heavy atom. The van der Waals surface area contributed by atoms with Crippen molar-refractivity contribution in [1.29, 1.82) is 0 Å². The maximum Gasteiger partial charge on any atom is 0.250 e. The fourth-order valence-electron chi connectivity index (χ4n) is 2.90. The normalized spacial score (nSPS) is 19.9. The number of aromatic amines is 1. The van der Waals surface area contributed by atoms with E-state index in [-0.39, 0.29) is 11.6 Å². The predicted molar refractivity (Wildman–Crippen MR) is 78.3 cm³/mol. The highest BCUT2D eigenvalue weighted by molar-refractivity contribution is 5.16. The molecule has 4 nitrogen and oxygen atoms in total. The van der Waals surface area contributed by atoms with Crippen LogP contribution in [0.3, 0.4) is 0 Å². The minimum atomic E-state index is -0.0692. The van der Waals surface area contributed by atoms with Gasteiger partial charge in [0.1, 0.15) is 0 Å². The second kappa shape index (κ2) is 6.01. The number of hydrogen-bond donors (Lipinski definition) is 1. The molecule has 0 aliphatic carbocycles. The van der Waals surface area contributed by atoms with Gasteiger partial charge in [-0.2, -0.15) is 0 Å². The van der Waals surface area contributed by atoms with Gasteiger partial charge in [0.2, 0.25) is 0 Å². The largest absolute Gasteiger partial charge is 0.313 e. The molecule has 1 unspecified atom stereocenters. The number of nitrogens with one attached hydrogen (secondary N) is 1. The molecule has 0 amide bonds. The zero-order chi connectivity index (χ0) is 13.8. The molecular weight excluding hydrogens is 250 g/mol. The van der Waals surface area contributed by atoms with E-state index in [9.17, 15) is 4.79 Å². The second-order valence-corrected chi connectivity index (χ2v) is 5.30. The first kappa shape index (κ1) is 13.1. The van der Waals surface area contributed by atoms with Crippen LogP contribution in [0.5, 0.6) is 0 Å². The number of nitrogens with zero attached hydrogens (tertiary/aromatic N) is 2. The van der Waals surface area contributed by atoms with Gasteiger partial charge in [0, 0.05) is 12.6 Å². The standard InChI is InChI=1S/C16H19N3O/c20-16-10-14(17-12-18-16)15-8-4-5-9-19(15)11-13-6-2-1-3-7-13/h1-3,6-7,10,12,15H,4-5,8-9,11H2,(H,17,18,20). The number of benzene rings is 1. The quantitative estimate of drug-likeness (QED) is 0.931. The Labute approximate surface area is 118 Å². The van der Waals surface area contributed by atoms with Gasteiger partial charge in [-0.05, 0) is 24.9 Å². The maximum absolute atomic E-state index is 11.5. The van der Waals surface area contributed by atoms with Crippen LogP contribution >= 0.6 is 0 Å². The highest BCUT2D eigenvalue weighted by Crippen LogP contribution is 2.30. The molecule has 1 atom stereocenters. The number of H-pyrrole nitrogens is 1. The Bertz CT molecular complexity index is 608. The molecule has 1 aromatic carbocycles. The van der Waals surface area contributed by atoms with Crippen LogP contribution in [0.2, 0.25) is 0 Å². The average molecular weight is 269 g/mol. The summed E-state index contributed by atoms with van der Waals surface area (Å²) in [4.78, 5) is 20.9. The Morgan fingerprint density at radius 3 is 2.90 bits per heavy atom. The molecule has 0 saturated carbocycles. The minimum absolute atomic E-state index is 0.0692. The topological polar surface area (TPSA) is 49.0 Å². The summed E-state index contributed by atoms with van der Waals surface area (Å²) in [6, 6.07) is 12.4. The summed E-state index contributed by atoms with van der Waals surface area (Å²) in [5, 5.41) is 0. The summed E-state index contributed by atoms with van der Waals surface area (Å²) in [6.07, 6.45) is 4.99. The summed E-state index contributed by atoms with van der Waals surface area (Å²) < 4.78 is 0. The van der Waals surface area contributed by atoms with E-state index in [4.69, 9.17) is 0 Å². The Kier molecular flexibility index (Phi) is 3.92. The minimum Gasteiger partial charge on any atom is -0.313 e. The van der Waals surface area contributed by atoms with E-state index in [1.807, 2.05) is 6.07 Å². The van der Waals surface area contributed by atoms with Crippen molar-refractivity contribution in [3.05, 3.63) is 64.3 Å². The molecule has 0 bridgehead atoms. The van der Waals surface area contributed by atoms with Gasteiger partial charge in [-0.15, -0.1) is 0 Å². The number of likely N-dealkylation sites (tertiary alicyclic amines) is 1. The number of aromatic nitrogens is 2. The van der Waals surface area contributed by atoms with Crippen molar-refractivity contribution in [3.63, 3.8) is 0 Å². The van der Waals surface area contributed by atoms with Crippen molar-refractivity contribution in [2.24, 2.45) is 0 Å². The van der Waals surface area contributed by atoms with Gasteiger partial charge in [0.05, 0.1) is 18.1 Å². The first-order valence-electron chi connectivity index (χ1n) is 7.15. The molecule has 1 aromatic heterocycles. The Hall–Kier alpha value is -1.94. The molecule has 0 radical (unpaired) electrons. The van der Waals surface area contributed by atoms with Crippen LogP contribution in [0, 0.1) is 0 Å². The molecule has 1 aliphatic rings. The van der Waals surface area contributed by atoms with E-state index in [0.717, 1.165) is 25.2 Å². The third-order valence-electron chi connectivity index (χ3n) is 3.88. The number of piperidine rings is 1. The summed E-state index contributed by atoms with van der Waals surface area (Å²) in [5.41, 5.74) is 2.13. The van der Waals surface area contributed by atoms with E-state index >= 15 is 0 Å². The molecule has 2 heterocycles. The fraction of sp³-hybridized carbons (Fsp3) is 0.375. The van der Waals surface area contributed by atoms with Gasteiger partial charge in [-0.3, -0.25) is 9.69 Å². The van der Waals surface area contributed by atoms with E-state index in [2.05, 4.69) is 39.1 Å². The van der Waals surface area contributed by atoms with Crippen molar-refractivity contribution >= 4 is 0 Å². The van der Waals surface area contributed by atoms with Crippen molar-refractivity contribution in [1.82, 2.24) is 14.9 Å². The van der Waals surface area contributed by atoms with Crippen LogP contribution in [0.4, 0.5) is 0 Å². The lowest BCUT2D eigenvalue weighted by Gasteiger charge is -2.35. The number of rotatable bonds is 3. The van der Waals surface area contributed by atoms with E-state index < -0.39 is 0 Å². The molecule has 104 valence electrons. The van der Waals surface area contributed by atoms with Gasteiger partial charge in [0.25, 0.3) is 5.56 Å². The smallest absolute Gasteiger partial charge is 0.250 e. The lowest BCUT2D eigenvalue weighted by molar-refractivity contribution is 0.137. The summed E-state index contributed by atoms with van der Waals surface area (Å²) >= 11 is 0. The van der Waals surface area contributed by atoms with Gasteiger partial charge in [-0.1, -0.05) is 36.8 Å². The van der Waals surface area contributed by atoms with Crippen molar-refractivity contribution in [2.45, 2.75) is 31.8 Å². The second-order valence-electron chi connectivity index (χ2n) is 5.30. The highest BCUT2D eigenvalue weighted by Gasteiger charge is 2.25. The predicted octanol–water partition coefficient (Wildman–Crippen LogP) is 2.50. The zero-order valence-electron chi connectivity index (χ0n) is 11.5. The monoisotopic (exact) mass is 269 g/mol. The van der Waals surface area contributed by atoms with E-state index in [1.165, 1.54) is 24.7 Å². The molecule has 4 heteroatoms. The molecule has 2 aromatic rings. The van der Waals surface area contributed by atoms with Gasteiger partial charge in [-0.25, -0.2) is 4.98 Å². The SMILES string of the molecule is O=c1cc(C2CCCCN2Cc2ccccc2)nc[nH]1. The molecule has 1 N–H and O–H groups in total. The Balaban J connectivity index is 1.82. The molecule has 3 rings (SSSR count). The van der Waals surface area contributed by atoms with Crippen molar-refractivity contribution < 1.29 is 0 Å². The highest BCUT2D eigenvalue weighted by atomic mass is 16.1. The summed E-state index contributed by atoms with van der Waals surface area (Å²) in [6.45, 7) is 1.98. The zero-order valence-corrected chi connectivity index (χ0v) is 11.5. The van der Waals surface area contributed by atoms with Gasteiger partial charge < -0.3 is 4.98 Å². The van der Waals surface area contributed by atoms with Crippen molar-refractivity contribution in [2.75, 3.05) is 6.54 Å². The Morgan fingerprint density at radius 2 is 2.10 bits per heavy atom. The first-order valence-corrected chi connectivity index (χ1v) is 7.15. The van der Waals surface area contributed by atoms with Crippen LogP contribution < -0.4 is 5.56 Å². The maximum atomic E-state index is 11.5. The van der Waals surface area contributed by atoms with Gasteiger partial charge in [0.15, 0.2) is 0 Å². The molecule has 1 aliphatic heterocycles. The van der Waals surface area contributed by atoms with Crippen LogP contribution in [-0.2, 0) is 6.54 Å². The average Bonchev–Trinajstić information content (AvgIpc) is 2.49. The van der Waals surface area contributed by atoms with Crippen LogP contribution in [-0.4, -0.2) is 21.4 Å². The van der Waals surface area contributed by atoms with Crippen molar-refractivity contribution in [3.8, 4) is 0 Å². The third-order valence-corrected chi connectivity index (χ3v) is 3.88. The fourth-order valence-corrected chi connectivity index (χ4v) is 2.90. The summed E-state index contributed by atoms with van der Waals surface area (Å²) in [5.74, 6) is 0. The number of hydrogen-bond acceptors (Lipinski definition) is 3. The van der Waals surface area contributed by atoms with Crippen LogP contribution in [0.1, 0.15) is 36.6 Å². The lowest BCUT2D eigenvalue weighted by atomic mass is 9.98. The molecular formula is C16H19N3O. The molecule has 20 heavy (non-hydrogen) atoms. The van der Waals surface area contributed by atoms with E-state index in [1.54, 1.807) is 6.07 Å². The molecule has 1 saturated heterocycles. The summed E-state index contributed by atoms with van der Waals surface area (Å²) in [7, 11) is 0. The van der Waals surface area contributed by atoms with Gasteiger partial charge >= 0.3 is 0 Å². The van der Waals surface area contributed by atoms with Crippen LogP contribution in [0.15, 0.2) is 47.5 Å².